The summed E-state index contributed by atoms with van der Waals surface area (Å²) in [7, 11) is 0. The minimum atomic E-state index is -0.379. The van der Waals surface area contributed by atoms with Crippen LogP contribution >= 0.6 is 0 Å². The highest BCUT2D eigenvalue weighted by Gasteiger charge is 2.30. The zero-order valence-corrected chi connectivity index (χ0v) is 12.2. The van der Waals surface area contributed by atoms with E-state index in [1.165, 1.54) is 6.07 Å². The van der Waals surface area contributed by atoms with Crippen LogP contribution in [-0.2, 0) is 4.74 Å². The second kappa shape index (κ2) is 5.99. The van der Waals surface area contributed by atoms with E-state index in [0.717, 1.165) is 50.5 Å². The van der Waals surface area contributed by atoms with Gasteiger partial charge in [0.1, 0.15) is 11.9 Å². The molecule has 0 unspecified atom stereocenters. The van der Waals surface area contributed by atoms with E-state index in [9.17, 15) is 10.1 Å². The summed E-state index contributed by atoms with van der Waals surface area (Å²) in [6.07, 6.45) is 2.18. The third kappa shape index (κ3) is 3.16. The van der Waals surface area contributed by atoms with E-state index in [0.29, 0.717) is 6.04 Å². The van der Waals surface area contributed by atoms with Crippen LogP contribution in [0.5, 0.6) is 5.75 Å². The van der Waals surface area contributed by atoms with Crippen LogP contribution in [0.1, 0.15) is 18.4 Å². The number of rotatable bonds is 4. The highest BCUT2D eigenvalue weighted by atomic mass is 16.6. The number of aryl methyl sites for hydroxylation is 1. The SMILES string of the molecule is Cc1cc([N+](=O)[O-])ccc1OC1CCN(C2COC2)CC1. The first kappa shape index (κ1) is 14.3. The Hall–Kier alpha value is -1.66. The Labute approximate surface area is 123 Å². The molecule has 2 aliphatic rings. The molecule has 0 aromatic heterocycles. The van der Waals surface area contributed by atoms with E-state index >= 15 is 0 Å². The second-order valence-electron chi connectivity index (χ2n) is 5.75. The van der Waals surface area contributed by atoms with Gasteiger partial charge in [0.2, 0.25) is 0 Å². The number of benzene rings is 1. The van der Waals surface area contributed by atoms with Crippen LogP contribution in [0, 0.1) is 17.0 Å². The van der Waals surface area contributed by atoms with Gasteiger partial charge in [0, 0.05) is 25.2 Å². The number of likely N-dealkylation sites (tertiary alicyclic amines) is 1. The lowest BCUT2D eigenvalue weighted by atomic mass is 10.0. The minimum Gasteiger partial charge on any atom is -0.490 e. The van der Waals surface area contributed by atoms with Gasteiger partial charge in [-0.15, -0.1) is 0 Å². The van der Waals surface area contributed by atoms with Gasteiger partial charge >= 0.3 is 0 Å². The molecule has 6 heteroatoms. The van der Waals surface area contributed by atoms with Crippen molar-refractivity contribution in [2.24, 2.45) is 0 Å². The number of hydrogen-bond donors (Lipinski definition) is 0. The summed E-state index contributed by atoms with van der Waals surface area (Å²) >= 11 is 0. The van der Waals surface area contributed by atoms with Crippen molar-refractivity contribution in [2.75, 3.05) is 26.3 Å². The van der Waals surface area contributed by atoms with Gasteiger partial charge in [0.05, 0.1) is 24.2 Å². The van der Waals surface area contributed by atoms with Gasteiger partial charge in [0.15, 0.2) is 0 Å². The number of hydrogen-bond acceptors (Lipinski definition) is 5. The van der Waals surface area contributed by atoms with Gasteiger partial charge in [-0.2, -0.15) is 0 Å². The smallest absolute Gasteiger partial charge is 0.269 e. The van der Waals surface area contributed by atoms with Crippen LogP contribution in [0.15, 0.2) is 18.2 Å². The number of nitro groups is 1. The normalized spacial score (nSPS) is 21.0. The van der Waals surface area contributed by atoms with Crippen molar-refractivity contribution < 1.29 is 14.4 Å². The molecule has 2 heterocycles. The average Bonchev–Trinajstić information content (AvgIpc) is 2.41. The Bertz CT molecular complexity index is 522. The molecule has 0 saturated carbocycles. The van der Waals surface area contributed by atoms with E-state index in [-0.39, 0.29) is 16.7 Å². The molecule has 0 aliphatic carbocycles. The van der Waals surface area contributed by atoms with Gasteiger partial charge in [0.25, 0.3) is 5.69 Å². The topological polar surface area (TPSA) is 64.8 Å². The summed E-state index contributed by atoms with van der Waals surface area (Å²) in [5.74, 6) is 0.756. The van der Waals surface area contributed by atoms with Gasteiger partial charge in [-0.1, -0.05) is 0 Å². The molecule has 2 saturated heterocycles. The van der Waals surface area contributed by atoms with Gasteiger partial charge < -0.3 is 9.47 Å². The highest BCUT2D eigenvalue weighted by molar-refractivity contribution is 5.43. The molecule has 2 aliphatic heterocycles. The lowest BCUT2D eigenvalue weighted by Gasteiger charge is -2.41. The van der Waals surface area contributed by atoms with Crippen molar-refractivity contribution in [3.05, 3.63) is 33.9 Å². The van der Waals surface area contributed by atoms with Crippen LogP contribution < -0.4 is 4.74 Å². The second-order valence-corrected chi connectivity index (χ2v) is 5.75. The first-order valence-electron chi connectivity index (χ1n) is 7.37. The van der Waals surface area contributed by atoms with E-state index in [1.807, 2.05) is 6.92 Å². The molecular weight excluding hydrogens is 272 g/mol. The molecule has 3 rings (SSSR count). The molecule has 21 heavy (non-hydrogen) atoms. The maximum atomic E-state index is 10.7. The maximum Gasteiger partial charge on any atom is 0.269 e. The predicted molar refractivity (Wildman–Crippen MR) is 77.7 cm³/mol. The van der Waals surface area contributed by atoms with Crippen molar-refractivity contribution in [2.45, 2.75) is 31.9 Å². The van der Waals surface area contributed by atoms with Gasteiger partial charge in [-0.25, -0.2) is 0 Å². The molecule has 1 aromatic rings. The van der Waals surface area contributed by atoms with Crippen molar-refractivity contribution in [1.29, 1.82) is 0 Å². The Morgan fingerprint density at radius 1 is 1.33 bits per heavy atom. The number of nitrogens with zero attached hydrogens (tertiary/aromatic N) is 2. The molecule has 0 spiro atoms. The standard InChI is InChI=1S/C15H20N2O4/c1-11-8-12(17(18)19)2-3-15(11)21-14-4-6-16(7-5-14)13-9-20-10-13/h2-3,8,13-14H,4-7,9-10H2,1H3. The van der Waals surface area contributed by atoms with Crippen molar-refractivity contribution in [1.82, 2.24) is 4.90 Å². The Kier molecular flexibility index (Phi) is 4.07. The van der Waals surface area contributed by atoms with Crippen LogP contribution in [0.4, 0.5) is 5.69 Å². The van der Waals surface area contributed by atoms with Crippen LogP contribution in [0.2, 0.25) is 0 Å². The maximum absolute atomic E-state index is 10.7. The molecule has 1 aromatic carbocycles. The fourth-order valence-corrected chi connectivity index (χ4v) is 2.85. The molecule has 0 bridgehead atoms. The first-order valence-corrected chi connectivity index (χ1v) is 7.37. The van der Waals surface area contributed by atoms with Crippen molar-refractivity contribution in [3.63, 3.8) is 0 Å². The van der Waals surface area contributed by atoms with E-state index < -0.39 is 0 Å². The predicted octanol–water partition coefficient (Wildman–Crippen LogP) is 2.15. The third-order valence-electron chi connectivity index (χ3n) is 4.28. The summed E-state index contributed by atoms with van der Waals surface area (Å²) in [6, 6.07) is 5.37. The van der Waals surface area contributed by atoms with Crippen molar-refractivity contribution >= 4 is 5.69 Å². The Balaban J connectivity index is 1.56. The molecule has 114 valence electrons. The van der Waals surface area contributed by atoms with Gasteiger partial charge in [-0.05, 0) is 31.4 Å². The Morgan fingerprint density at radius 3 is 2.57 bits per heavy atom. The Morgan fingerprint density at radius 2 is 2.05 bits per heavy atom. The van der Waals surface area contributed by atoms with E-state index in [1.54, 1.807) is 12.1 Å². The lowest BCUT2D eigenvalue weighted by Crippen LogP contribution is -2.52. The van der Waals surface area contributed by atoms with Crippen LogP contribution in [0.3, 0.4) is 0 Å². The molecular formula is C15H20N2O4. The fraction of sp³-hybridized carbons (Fsp3) is 0.600. The monoisotopic (exact) mass is 292 g/mol. The third-order valence-corrected chi connectivity index (χ3v) is 4.28. The fourth-order valence-electron chi connectivity index (χ4n) is 2.85. The molecule has 2 fully saturated rings. The van der Waals surface area contributed by atoms with E-state index in [2.05, 4.69) is 4.90 Å². The lowest BCUT2D eigenvalue weighted by molar-refractivity contribution is -0.384. The molecule has 0 N–H and O–H groups in total. The number of nitro benzene ring substituents is 1. The summed E-state index contributed by atoms with van der Waals surface area (Å²) in [6.45, 7) is 5.62. The average molecular weight is 292 g/mol. The van der Waals surface area contributed by atoms with E-state index in [4.69, 9.17) is 9.47 Å². The molecule has 0 atom stereocenters. The van der Waals surface area contributed by atoms with Crippen LogP contribution in [-0.4, -0.2) is 48.3 Å². The van der Waals surface area contributed by atoms with Gasteiger partial charge in [-0.3, -0.25) is 15.0 Å². The minimum absolute atomic E-state index is 0.111. The quantitative estimate of drug-likeness (QED) is 0.628. The largest absolute Gasteiger partial charge is 0.490 e. The summed E-state index contributed by atoms with van der Waals surface area (Å²) < 4.78 is 11.2. The number of piperidine rings is 1. The van der Waals surface area contributed by atoms with Crippen LogP contribution in [0.25, 0.3) is 0 Å². The zero-order valence-electron chi connectivity index (χ0n) is 12.2. The number of non-ortho nitro benzene ring substituents is 1. The molecule has 0 amide bonds. The highest BCUT2D eigenvalue weighted by Crippen LogP contribution is 2.27. The summed E-state index contributed by atoms with van der Waals surface area (Å²) in [5.41, 5.74) is 0.929. The number of ether oxygens (including phenoxy) is 2. The van der Waals surface area contributed by atoms with Crippen molar-refractivity contribution in [3.8, 4) is 5.75 Å². The zero-order chi connectivity index (χ0) is 14.8. The summed E-state index contributed by atoms with van der Waals surface area (Å²) in [4.78, 5) is 12.8. The molecule has 6 nitrogen and oxygen atoms in total. The summed E-state index contributed by atoms with van der Waals surface area (Å²) in [5, 5.41) is 10.7. The first-order chi connectivity index (χ1) is 10.1. The molecule has 0 radical (unpaired) electrons.